The largest absolute Gasteiger partial charge is 0.507 e. The predicted octanol–water partition coefficient (Wildman–Crippen LogP) is 0.106. The van der Waals surface area contributed by atoms with E-state index in [1.165, 1.54) is 18.3 Å². The van der Waals surface area contributed by atoms with Crippen LogP contribution in [0.5, 0.6) is 5.75 Å². The molecule has 0 saturated heterocycles. The first-order valence-corrected chi connectivity index (χ1v) is 4.96. The van der Waals surface area contributed by atoms with Gasteiger partial charge in [0.2, 0.25) is 5.96 Å². The number of benzene rings is 1. The van der Waals surface area contributed by atoms with Gasteiger partial charge in [-0.1, -0.05) is 0 Å². The number of fused-ring (bicyclic) bond motifs is 1. The lowest BCUT2D eigenvalue weighted by Crippen LogP contribution is -2.21. The zero-order valence-corrected chi connectivity index (χ0v) is 9.20. The second-order valence-electron chi connectivity index (χ2n) is 3.44. The smallest absolute Gasteiger partial charge is 0.336 e. The quantitative estimate of drug-likeness (QED) is 0.300. The Morgan fingerprint density at radius 1 is 1.28 bits per heavy atom. The summed E-state index contributed by atoms with van der Waals surface area (Å²) in [5.74, 6) is -0.307. The lowest BCUT2D eigenvalue weighted by molar-refractivity contribution is 0.472. The van der Waals surface area contributed by atoms with Crippen LogP contribution in [-0.2, 0) is 0 Å². The van der Waals surface area contributed by atoms with Crippen molar-refractivity contribution in [2.24, 2.45) is 21.7 Å². The van der Waals surface area contributed by atoms with E-state index in [2.05, 4.69) is 10.2 Å². The van der Waals surface area contributed by atoms with Gasteiger partial charge in [0, 0.05) is 11.5 Å². The predicted molar refractivity (Wildman–Crippen MR) is 67.6 cm³/mol. The third-order valence-electron chi connectivity index (χ3n) is 2.17. The van der Waals surface area contributed by atoms with Crippen LogP contribution >= 0.6 is 0 Å². The number of phenolic OH excluding ortho intramolecular Hbond substituents is 1. The Kier molecular flexibility index (Phi) is 2.96. The van der Waals surface area contributed by atoms with Crippen LogP contribution < -0.4 is 17.1 Å². The molecule has 0 saturated carbocycles. The molecule has 0 aliphatic rings. The van der Waals surface area contributed by atoms with Gasteiger partial charge >= 0.3 is 5.63 Å². The topological polar surface area (TPSA) is 127 Å². The van der Waals surface area contributed by atoms with Crippen molar-refractivity contribution in [2.45, 2.75) is 0 Å². The molecule has 7 nitrogen and oxygen atoms in total. The summed E-state index contributed by atoms with van der Waals surface area (Å²) in [6.45, 7) is 0. The number of rotatable bonds is 2. The van der Waals surface area contributed by atoms with Crippen LogP contribution in [0.3, 0.4) is 0 Å². The molecule has 0 unspecified atom stereocenters. The highest BCUT2D eigenvalue weighted by Gasteiger charge is 2.07. The molecule has 0 atom stereocenters. The zero-order valence-electron chi connectivity index (χ0n) is 9.20. The lowest BCUT2D eigenvalue weighted by Gasteiger charge is -2.01. The average Bonchev–Trinajstić information content (AvgIpc) is 2.31. The molecule has 0 amide bonds. The Morgan fingerprint density at radius 2 is 2.00 bits per heavy atom. The van der Waals surface area contributed by atoms with Crippen molar-refractivity contribution in [3.05, 3.63) is 40.2 Å². The number of nitrogens with two attached hydrogens (primary N) is 2. The first-order chi connectivity index (χ1) is 8.58. The molecule has 0 bridgehead atoms. The van der Waals surface area contributed by atoms with Crippen molar-refractivity contribution < 1.29 is 9.52 Å². The van der Waals surface area contributed by atoms with Gasteiger partial charge in [0.1, 0.15) is 5.75 Å². The minimum absolute atomic E-state index is 0.0913. The molecule has 18 heavy (non-hydrogen) atoms. The molecule has 5 N–H and O–H groups in total. The van der Waals surface area contributed by atoms with Gasteiger partial charge in [-0.2, -0.15) is 5.10 Å². The van der Waals surface area contributed by atoms with Gasteiger partial charge in [-0.05, 0) is 18.2 Å². The van der Waals surface area contributed by atoms with Gasteiger partial charge in [-0.25, -0.2) is 4.79 Å². The zero-order chi connectivity index (χ0) is 13.1. The van der Waals surface area contributed by atoms with Crippen molar-refractivity contribution in [1.82, 2.24) is 0 Å². The first kappa shape index (κ1) is 11.6. The second kappa shape index (κ2) is 4.58. The molecule has 0 spiro atoms. The summed E-state index contributed by atoms with van der Waals surface area (Å²) in [6, 6.07) is 5.94. The third-order valence-corrected chi connectivity index (χ3v) is 2.17. The molecule has 92 valence electrons. The Hall–Kier alpha value is -2.83. The Bertz CT molecular complexity index is 699. The maximum absolute atomic E-state index is 11.2. The highest BCUT2D eigenvalue weighted by atomic mass is 16.4. The van der Waals surface area contributed by atoms with Crippen molar-refractivity contribution in [2.75, 3.05) is 0 Å². The van der Waals surface area contributed by atoms with Crippen molar-refractivity contribution >= 4 is 23.1 Å². The standard InChI is InChI=1S/C11H10N4O3/c12-11(13)15-14-5-7-8(16)3-1-6-2-4-9(17)18-10(6)7/h1-5,16H,(H4,12,13,15)/b14-5+. The van der Waals surface area contributed by atoms with E-state index in [0.717, 1.165) is 0 Å². The summed E-state index contributed by atoms with van der Waals surface area (Å²) >= 11 is 0. The highest BCUT2D eigenvalue weighted by molar-refractivity contribution is 5.99. The van der Waals surface area contributed by atoms with E-state index in [4.69, 9.17) is 15.9 Å². The normalized spacial score (nSPS) is 10.9. The number of guanidine groups is 1. The third kappa shape index (κ3) is 2.29. The second-order valence-corrected chi connectivity index (χ2v) is 3.44. The maximum Gasteiger partial charge on any atom is 0.336 e. The van der Waals surface area contributed by atoms with Crippen molar-refractivity contribution in [3.8, 4) is 5.75 Å². The van der Waals surface area contributed by atoms with Crippen LogP contribution in [0.15, 0.2) is 43.7 Å². The van der Waals surface area contributed by atoms with Crippen LogP contribution in [0, 0.1) is 0 Å². The van der Waals surface area contributed by atoms with Crippen LogP contribution in [0.4, 0.5) is 0 Å². The number of hydrogen-bond donors (Lipinski definition) is 3. The van der Waals surface area contributed by atoms with E-state index in [1.54, 1.807) is 12.1 Å². The number of phenols is 1. The molecule has 1 aromatic carbocycles. The number of aromatic hydroxyl groups is 1. The van der Waals surface area contributed by atoms with E-state index in [9.17, 15) is 9.90 Å². The molecular weight excluding hydrogens is 236 g/mol. The number of nitrogens with zero attached hydrogens (tertiary/aromatic N) is 2. The van der Waals surface area contributed by atoms with E-state index < -0.39 is 5.63 Å². The van der Waals surface area contributed by atoms with Gasteiger partial charge in [0.15, 0.2) is 5.58 Å². The van der Waals surface area contributed by atoms with E-state index in [0.29, 0.717) is 5.39 Å². The Labute approximate surface area is 101 Å². The monoisotopic (exact) mass is 246 g/mol. The van der Waals surface area contributed by atoms with Gasteiger partial charge in [-0.15, -0.1) is 5.10 Å². The summed E-state index contributed by atoms with van der Waals surface area (Å²) in [5, 5.41) is 17.3. The fourth-order valence-corrected chi connectivity index (χ4v) is 1.42. The Balaban J connectivity index is 2.64. The van der Waals surface area contributed by atoms with Gasteiger partial charge in [0.25, 0.3) is 0 Å². The Morgan fingerprint density at radius 3 is 2.72 bits per heavy atom. The summed E-state index contributed by atoms with van der Waals surface area (Å²) in [5.41, 5.74) is 10.1. The van der Waals surface area contributed by atoms with E-state index in [1.807, 2.05) is 0 Å². The summed E-state index contributed by atoms with van der Waals surface area (Å²) in [6.07, 6.45) is 1.21. The highest BCUT2D eigenvalue weighted by Crippen LogP contribution is 2.24. The molecule has 0 aliphatic carbocycles. The van der Waals surface area contributed by atoms with Crippen LogP contribution in [0.1, 0.15) is 5.56 Å². The number of hydrogen-bond acceptors (Lipinski definition) is 5. The molecule has 2 rings (SSSR count). The van der Waals surface area contributed by atoms with E-state index >= 15 is 0 Å². The van der Waals surface area contributed by atoms with Crippen LogP contribution in [-0.4, -0.2) is 17.3 Å². The van der Waals surface area contributed by atoms with Crippen LogP contribution in [0.25, 0.3) is 11.0 Å². The van der Waals surface area contributed by atoms with E-state index in [-0.39, 0.29) is 22.9 Å². The lowest BCUT2D eigenvalue weighted by atomic mass is 10.1. The molecule has 7 heteroatoms. The summed E-state index contributed by atoms with van der Waals surface area (Å²) in [4.78, 5) is 11.2. The fraction of sp³-hybridized carbons (Fsp3) is 0. The molecule has 2 aromatic rings. The molecule has 1 aromatic heterocycles. The SMILES string of the molecule is NC(N)=N/N=C/c1c(O)ccc2ccc(=O)oc12. The molecule has 0 fully saturated rings. The van der Waals surface area contributed by atoms with Gasteiger partial charge in [-0.3, -0.25) is 0 Å². The van der Waals surface area contributed by atoms with Crippen molar-refractivity contribution in [1.29, 1.82) is 0 Å². The molecular formula is C11H10N4O3. The maximum atomic E-state index is 11.2. The minimum Gasteiger partial charge on any atom is -0.507 e. The summed E-state index contributed by atoms with van der Waals surface area (Å²) < 4.78 is 5.01. The first-order valence-electron chi connectivity index (χ1n) is 4.96. The van der Waals surface area contributed by atoms with Crippen LogP contribution in [0.2, 0.25) is 0 Å². The van der Waals surface area contributed by atoms with Crippen molar-refractivity contribution in [3.63, 3.8) is 0 Å². The van der Waals surface area contributed by atoms with Gasteiger partial charge < -0.3 is 21.0 Å². The average molecular weight is 246 g/mol. The van der Waals surface area contributed by atoms with Gasteiger partial charge in [0.05, 0.1) is 11.8 Å². The molecule has 0 aliphatic heterocycles. The fourth-order valence-electron chi connectivity index (χ4n) is 1.42. The molecule has 0 radical (unpaired) electrons. The summed E-state index contributed by atoms with van der Waals surface area (Å²) in [7, 11) is 0. The minimum atomic E-state index is -0.524. The molecule has 1 heterocycles.